The van der Waals surface area contributed by atoms with Crippen LogP contribution in [0, 0.1) is 0 Å². The van der Waals surface area contributed by atoms with Gasteiger partial charge in [-0.05, 0) is 91.5 Å². The Morgan fingerprint density at radius 1 is 1.08 bits per heavy atom. The van der Waals surface area contributed by atoms with Gasteiger partial charge in [-0.1, -0.05) is 23.2 Å². The van der Waals surface area contributed by atoms with Crippen LogP contribution < -0.4 is 20.3 Å². The highest BCUT2D eigenvalue weighted by Gasteiger charge is 2.43. The minimum Gasteiger partial charge on any atom is -0.476 e. The number of ether oxygens (including phenoxy) is 1. The van der Waals surface area contributed by atoms with Crippen molar-refractivity contribution in [3.05, 3.63) is 51.6 Å². The molecular weight excluding hydrogens is 539 g/mol. The second kappa shape index (κ2) is 11.1. The molecule has 0 radical (unpaired) electrons. The third-order valence-corrected chi connectivity index (χ3v) is 7.96. The van der Waals surface area contributed by atoms with E-state index in [4.69, 9.17) is 27.9 Å². The maximum atomic E-state index is 13.3. The van der Waals surface area contributed by atoms with E-state index in [1.165, 1.54) is 6.07 Å². The van der Waals surface area contributed by atoms with Crippen LogP contribution in [0.5, 0.6) is 5.75 Å². The highest BCUT2D eigenvalue weighted by Crippen LogP contribution is 2.40. The summed E-state index contributed by atoms with van der Waals surface area (Å²) in [5.41, 5.74) is -1.40. The number of pyridine rings is 1. The number of hydrogen-bond donors (Lipinski definition) is 3. The summed E-state index contributed by atoms with van der Waals surface area (Å²) >= 11 is 12.6. The van der Waals surface area contributed by atoms with Gasteiger partial charge in [0.05, 0.1) is 16.2 Å². The fraction of sp³-hybridized carbons (Fsp3) is 0.552. The van der Waals surface area contributed by atoms with Crippen LogP contribution in [0.3, 0.4) is 0 Å². The van der Waals surface area contributed by atoms with Crippen LogP contribution in [0.15, 0.2) is 30.5 Å². The number of nitrogens with zero attached hydrogens (tertiary/aromatic N) is 2. The van der Waals surface area contributed by atoms with E-state index < -0.39 is 11.2 Å². The summed E-state index contributed by atoms with van der Waals surface area (Å²) in [6, 6.07) is 7.39. The standard InChI is InChI=1S/C29H38Cl2N4O4/c1-16(2)33-26(36)17-7-10-25(32-15-17)35-19-8-9-20(35)12-18(11-19)34-27(37)29(5,6)39-24-13-21(28(3,4)38)22(30)14-23(24)31/h7,10,13-16,18-20,38H,8-9,11-12H2,1-6H3,(H,33,36)(H,34,37). The fourth-order valence-electron chi connectivity index (χ4n) is 5.44. The van der Waals surface area contributed by atoms with E-state index in [1.807, 2.05) is 26.0 Å². The zero-order valence-electron chi connectivity index (χ0n) is 23.3. The molecule has 1 aromatic carbocycles. The second-order valence-electron chi connectivity index (χ2n) is 11.9. The molecule has 2 aromatic rings. The van der Waals surface area contributed by atoms with Crippen LogP contribution in [0.4, 0.5) is 5.82 Å². The molecule has 8 nitrogen and oxygen atoms in total. The SMILES string of the molecule is CC(C)NC(=O)c1ccc(N2C3CCC2CC(NC(=O)C(C)(C)Oc2cc(C(C)(C)O)c(Cl)cc2Cl)C3)nc1. The molecule has 3 N–H and O–H groups in total. The van der Waals surface area contributed by atoms with Gasteiger partial charge in [0.1, 0.15) is 11.6 Å². The minimum absolute atomic E-state index is 0.00200. The van der Waals surface area contributed by atoms with Crippen LogP contribution in [-0.4, -0.2) is 51.7 Å². The lowest BCUT2D eigenvalue weighted by Crippen LogP contribution is -2.55. The molecule has 3 heterocycles. The van der Waals surface area contributed by atoms with Gasteiger partial charge >= 0.3 is 0 Å². The van der Waals surface area contributed by atoms with Gasteiger partial charge in [0.15, 0.2) is 5.60 Å². The number of piperidine rings is 1. The molecule has 0 spiro atoms. The molecule has 0 saturated carbocycles. The van der Waals surface area contributed by atoms with E-state index in [0.717, 1.165) is 31.5 Å². The maximum absolute atomic E-state index is 13.3. The molecule has 1 aromatic heterocycles. The molecule has 4 rings (SSSR count). The van der Waals surface area contributed by atoms with E-state index >= 15 is 0 Å². The third kappa shape index (κ3) is 6.61. The number of fused-ring (bicyclic) bond motifs is 2. The normalized spacial score (nSPS) is 21.2. The molecule has 2 fully saturated rings. The van der Waals surface area contributed by atoms with Crippen LogP contribution in [-0.2, 0) is 10.4 Å². The summed E-state index contributed by atoms with van der Waals surface area (Å²) in [4.78, 5) is 32.6. The van der Waals surface area contributed by atoms with Gasteiger partial charge in [-0.3, -0.25) is 9.59 Å². The van der Waals surface area contributed by atoms with Gasteiger partial charge in [-0.25, -0.2) is 4.98 Å². The number of benzene rings is 1. The number of halogens is 2. The van der Waals surface area contributed by atoms with Crippen molar-refractivity contribution in [2.45, 2.75) is 103 Å². The molecule has 2 aliphatic heterocycles. The van der Waals surface area contributed by atoms with E-state index in [9.17, 15) is 14.7 Å². The maximum Gasteiger partial charge on any atom is 0.263 e. The molecule has 2 aliphatic rings. The van der Waals surface area contributed by atoms with E-state index in [0.29, 0.717) is 16.1 Å². The first-order chi connectivity index (χ1) is 18.2. The Hall–Kier alpha value is -2.55. The average molecular weight is 578 g/mol. The van der Waals surface area contributed by atoms with Crippen LogP contribution in [0.2, 0.25) is 10.0 Å². The topological polar surface area (TPSA) is 104 Å². The molecular formula is C29H38Cl2N4O4. The van der Waals surface area contributed by atoms with Crippen molar-refractivity contribution in [2.24, 2.45) is 0 Å². The zero-order valence-corrected chi connectivity index (χ0v) is 24.9. The van der Waals surface area contributed by atoms with Crippen molar-refractivity contribution in [1.82, 2.24) is 15.6 Å². The summed E-state index contributed by atoms with van der Waals surface area (Å²) in [7, 11) is 0. The molecule has 2 bridgehead atoms. The molecule has 212 valence electrons. The first-order valence-electron chi connectivity index (χ1n) is 13.4. The quantitative estimate of drug-likeness (QED) is 0.397. The smallest absolute Gasteiger partial charge is 0.263 e. The Balaban J connectivity index is 1.40. The summed E-state index contributed by atoms with van der Waals surface area (Å²) in [6.07, 6.45) is 5.26. The lowest BCUT2D eigenvalue weighted by molar-refractivity contribution is -0.135. The van der Waals surface area contributed by atoms with E-state index in [2.05, 4.69) is 20.5 Å². The van der Waals surface area contributed by atoms with E-state index in [1.54, 1.807) is 40.0 Å². The predicted octanol–water partition coefficient (Wildman–Crippen LogP) is 5.23. The summed E-state index contributed by atoms with van der Waals surface area (Å²) in [5, 5.41) is 17.1. The van der Waals surface area contributed by atoms with Gasteiger partial charge < -0.3 is 25.4 Å². The van der Waals surface area contributed by atoms with Crippen molar-refractivity contribution in [3.8, 4) is 5.75 Å². The van der Waals surface area contributed by atoms with Gasteiger partial charge in [-0.2, -0.15) is 0 Å². The highest BCUT2D eigenvalue weighted by molar-refractivity contribution is 6.36. The van der Waals surface area contributed by atoms with Crippen molar-refractivity contribution in [1.29, 1.82) is 0 Å². The number of hydrogen-bond acceptors (Lipinski definition) is 6. The molecule has 2 atom stereocenters. The van der Waals surface area contributed by atoms with Gasteiger partial charge in [0.2, 0.25) is 0 Å². The molecule has 2 saturated heterocycles. The van der Waals surface area contributed by atoms with Gasteiger partial charge in [0, 0.05) is 41.0 Å². The zero-order chi connectivity index (χ0) is 28.7. The van der Waals surface area contributed by atoms with E-state index in [-0.39, 0.29) is 46.8 Å². The monoisotopic (exact) mass is 576 g/mol. The van der Waals surface area contributed by atoms with Crippen LogP contribution >= 0.6 is 23.2 Å². The molecule has 2 amide bonds. The highest BCUT2D eigenvalue weighted by atomic mass is 35.5. The number of anilines is 1. The van der Waals surface area contributed by atoms with Crippen molar-refractivity contribution in [2.75, 3.05) is 4.90 Å². The van der Waals surface area contributed by atoms with Gasteiger partial charge in [0.25, 0.3) is 11.8 Å². The first kappa shape index (κ1) is 29.4. The van der Waals surface area contributed by atoms with Gasteiger partial charge in [-0.15, -0.1) is 0 Å². The van der Waals surface area contributed by atoms with Crippen LogP contribution in [0.25, 0.3) is 0 Å². The number of aromatic nitrogens is 1. The van der Waals surface area contributed by atoms with Crippen molar-refractivity contribution < 1.29 is 19.4 Å². The minimum atomic E-state index is -1.21. The first-order valence-corrected chi connectivity index (χ1v) is 14.2. The lowest BCUT2D eigenvalue weighted by atomic mass is 9.96. The number of rotatable bonds is 8. The number of nitrogens with one attached hydrogen (secondary N) is 2. The number of aliphatic hydroxyl groups is 1. The Morgan fingerprint density at radius 2 is 1.72 bits per heavy atom. The Kier molecular flexibility index (Phi) is 8.41. The Labute approximate surface area is 240 Å². The lowest BCUT2D eigenvalue weighted by Gasteiger charge is -2.41. The van der Waals surface area contributed by atoms with Crippen LogP contribution in [0.1, 0.15) is 83.1 Å². The Bertz CT molecular complexity index is 1210. The molecule has 10 heteroatoms. The van der Waals surface area contributed by atoms with Crippen molar-refractivity contribution >= 4 is 40.8 Å². The average Bonchev–Trinajstić information content (AvgIpc) is 3.09. The number of carbonyl (C=O) groups is 2. The number of carbonyl (C=O) groups excluding carboxylic acids is 2. The largest absolute Gasteiger partial charge is 0.476 e. The summed E-state index contributed by atoms with van der Waals surface area (Å²) < 4.78 is 6.07. The molecule has 2 unspecified atom stereocenters. The summed E-state index contributed by atoms with van der Waals surface area (Å²) in [6.45, 7) is 10.5. The third-order valence-electron chi connectivity index (χ3n) is 7.36. The number of amides is 2. The summed E-state index contributed by atoms with van der Waals surface area (Å²) in [5.74, 6) is 0.770. The molecule has 0 aliphatic carbocycles. The fourth-order valence-corrected chi connectivity index (χ4v) is 6.10. The Morgan fingerprint density at radius 3 is 2.26 bits per heavy atom. The second-order valence-corrected chi connectivity index (χ2v) is 12.7. The van der Waals surface area contributed by atoms with Crippen molar-refractivity contribution in [3.63, 3.8) is 0 Å². The molecule has 39 heavy (non-hydrogen) atoms. The predicted molar refractivity (Wildman–Crippen MR) is 154 cm³/mol.